The van der Waals surface area contributed by atoms with E-state index < -0.39 is 5.91 Å². The highest BCUT2D eigenvalue weighted by atomic mass is 16.1. The molecule has 0 spiro atoms. The molecule has 2 aromatic carbocycles. The molecule has 0 saturated heterocycles. The summed E-state index contributed by atoms with van der Waals surface area (Å²) >= 11 is 0. The second-order valence-corrected chi connectivity index (χ2v) is 4.86. The maximum Gasteiger partial charge on any atom is 0.248 e. The number of nitrogens with two attached hydrogens (primary N) is 1. The molecule has 0 unspecified atom stereocenters. The van der Waals surface area contributed by atoms with E-state index in [2.05, 4.69) is 17.2 Å². The maximum atomic E-state index is 11.2. The zero-order valence-electron chi connectivity index (χ0n) is 11.4. The number of primary amides is 1. The summed E-state index contributed by atoms with van der Waals surface area (Å²) in [4.78, 5) is 11.2. The third kappa shape index (κ3) is 3.00. The van der Waals surface area contributed by atoms with Crippen LogP contribution in [0.5, 0.6) is 0 Å². The lowest BCUT2D eigenvalue weighted by Crippen LogP contribution is -2.11. The van der Waals surface area contributed by atoms with Gasteiger partial charge in [0.25, 0.3) is 0 Å². The second-order valence-electron chi connectivity index (χ2n) is 4.86. The van der Waals surface area contributed by atoms with Crippen molar-refractivity contribution in [3.05, 3.63) is 78.1 Å². The van der Waals surface area contributed by atoms with E-state index >= 15 is 0 Å². The van der Waals surface area contributed by atoms with Crippen LogP contribution in [0, 0.1) is 0 Å². The summed E-state index contributed by atoms with van der Waals surface area (Å²) in [7, 11) is 0. The Hall–Kier alpha value is -2.88. The number of carbonyl (C=O) groups excluding carboxylic acids is 1. The van der Waals surface area contributed by atoms with Crippen molar-refractivity contribution in [1.29, 1.82) is 0 Å². The van der Waals surface area contributed by atoms with Crippen LogP contribution in [0.3, 0.4) is 0 Å². The zero-order valence-corrected chi connectivity index (χ0v) is 11.4. The van der Waals surface area contributed by atoms with Crippen molar-refractivity contribution in [3.8, 4) is 11.1 Å². The summed E-state index contributed by atoms with van der Waals surface area (Å²) in [6, 6.07) is 17.4. The lowest BCUT2D eigenvalue weighted by molar-refractivity contribution is 0.1000. The van der Waals surface area contributed by atoms with Crippen molar-refractivity contribution < 1.29 is 4.79 Å². The summed E-state index contributed by atoms with van der Waals surface area (Å²) in [6.45, 7) is 0.605. The minimum absolute atomic E-state index is 0.415. The summed E-state index contributed by atoms with van der Waals surface area (Å²) in [5.41, 5.74) is 9.01. The molecule has 0 aliphatic rings. The van der Waals surface area contributed by atoms with Gasteiger partial charge in [-0.15, -0.1) is 0 Å². The van der Waals surface area contributed by atoms with Gasteiger partial charge in [-0.2, -0.15) is 5.10 Å². The molecule has 0 aliphatic heterocycles. The van der Waals surface area contributed by atoms with Gasteiger partial charge in [-0.1, -0.05) is 42.5 Å². The molecule has 0 saturated carbocycles. The first-order valence-corrected chi connectivity index (χ1v) is 6.69. The van der Waals surface area contributed by atoms with Crippen molar-refractivity contribution in [2.45, 2.75) is 6.54 Å². The van der Waals surface area contributed by atoms with Gasteiger partial charge in [0.15, 0.2) is 0 Å². The average Bonchev–Trinajstić information content (AvgIpc) is 2.97. The summed E-state index contributed by atoms with van der Waals surface area (Å²) < 4.78 is 1.85. The van der Waals surface area contributed by atoms with Crippen LogP contribution < -0.4 is 5.73 Å². The van der Waals surface area contributed by atoms with E-state index in [-0.39, 0.29) is 0 Å². The molecule has 0 radical (unpaired) electrons. The third-order valence-corrected chi connectivity index (χ3v) is 3.30. The van der Waals surface area contributed by atoms with Crippen LogP contribution in [0.4, 0.5) is 0 Å². The highest BCUT2D eigenvalue weighted by Crippen LogP contribution is 2.18. The topological polar surface area (TPSA) is 60.9 Å². The van der Waals surface area contributed by atoms with Crippen LogP contribution in [-0.4, -0.2) is 15.7 Å². The smallest absolute Gasteiger partial charge is 0.248 e. The number of aromatic nitrogens is 2. The lowest BCUT2D eigenvalue weighted by Gasteiger charge is -2.03. The van der Waals surface area contributed by atoms with Crippen LogP contribution in [-0.2, 0) is 6.54 Å². The minimum Gasteiger partial charge on any atom is -0.366 e. The first-order chi connectivity index (χ1) is 10.2. The van der Waals surface area contributed by atoms with Gasteiger partial charge in [0, 0.05) is 17.3 Å². The Kier molecular flexibility index (Phi) is 3.51. The number of hydrogen-bond acceptors (Lipinski definition) is 2. The highest BCUT2D eigenvalue weighted by molar-refractivity contribution is 5.92. The average molecular weight is 277 g/mol. The Labute approximate surface area is 122 Å². The fourth-order valence-corrected chi connectivity index (χ4v) is 2.24. The molecule has 0 bridgehead atoms. The molecule has 1 aromatic heterocycles. The first kappa shape index (κ1) is 13.1. The molecule has 0 aliphatic carbocycles. The molecule has 1 amide bonds. The van der Waals surface area contributed by atoms with Crippen LogP contribution in [0.15, 0.2) is 67.0 Å². The van der Waals surface area contributed by atoms with E-state index in [0.717, 1.165) is 16.7 Å². The van der Waals surface area contributed by atoms with Crippen molar-refractivity contribution >= 4 is 5.91 Å². The molecule has 21 heavy (non-hydrogen) atoms. The van der Waals surface area contributed by atoms with Gasteiger partial charge in [-0.3, -0.25) is 9.48 Å². The normalized spacial score (nSPS) is 10.5. The van der Waals surface area contributed by atoms with E-state index in [4.69, 9.17) is 5.73 Å². The fraction of sp³-hybridized carbons (Fsp3) is 0.0588. The number of carbonyl (C=O) groups is 1. The fourth-order valence-electron chi connectivity index (χ4n) is 2.24. The Balaban J connectivity index is 1.82. The molecule has 4 nitrogen and oxygen atoms in total. The Morgan fingerprint density at radius 1 is 1.05 bits per heavy atom. The molecule has 1 heterocycles. The van der Waals surface area contributed by atoms with E-state index in [9.17, 15) is 4.79 Å². The van der Waals surface area contributed by atoms with Crippen molar-refractivity contribution in [2.75, 3.05) is 0 Å². The van der Waals surface area contributed by atoms with Gasteiger partial charge in [0.1, 0.15) is 0 Å². The second kappa shape index (κ2) is 5.63. The predicted molar refractivity (Wildman–Crippen MR) is 81.7 cm³/mol. The van der Waals surface area contributed by atoms with E-state index in [1.54, 1.807) is 12.1 Å². The molecule has 4 heteroatoms. The highest BCUT2D eigenvalue weighted by Gasteiger charge is 2.04. The quantitative estimate of drug-likeness (QED) is 0.797. The van der Waals surface area contributed by atoms with Crippen LogP contribution >= 0.6 is 0 Å². The molecule has 2 N–H and O–H groups in total. The maximum absolute atomic E-state index is 11.2. The molecule has 0 fully saturated rings. The molecule has 3 rings (SSSR count). The Morgan fingerprint density at radius 3 is 2.62 bits per heavy atom. The van der Waals surface area contributed by atoms with E-state index in [1.165, 1.54) is 0 Å². The predicted octanol–water partition coefficient (Wildman–Crippen LogP) is 2.70. The summed E-state index contributed by atoms with van der Waals surface area (Å²) in [5, 5.41) is 4.36. The number of hydrogen-bond donors (Lipinski definition) is 1. The van der Waals surface area contributed by atoms with E-state index in [0.29, 0.717) is 12.1 Å². The van der Waals surface area contributed by atoms with Crippen molar-refractivity contribution in [3.63, 3.8) is 0 Å². The van der Waals surface area contributed by atoms with Gasteiger partial charge < -0.3 is 5.73 Å². The first-order valence-electron chi connectivity index (χ1n) is 6.69. The summed E-state index contributed by atoms with van der Waals surface area (Å²) in [5.74, 6) is -0.415. The van der Waals surface area contributed by atoms with E-state index in [1.807, 2.05) is 47.4 Å². The Morgan fingerprint density at radius 2 is 1.86 bits per heavy atom. The van der Waals surface area contributed by atoms with Crippen LogP contribution in [0.2, 0.25) is 0 Å². The standard InChI is InChI=1S/C17H15N3O/c18-17(21)15-8-4-5-13(9-15)11-20-12-16(10-19-20)14-6-2-1-3-7-14/h1-10,12H,11H2,(H2,18,21). The molecular weight excluding hydrogens is 262 g/mol. The Bertz CT molecular complexity index is 762. The zero-order chi connectivity index (χ0) is 14.7. The molecule has 3 aromatic rings. The van der Waals surface area contributed by atoms with Crippen LogP contribution in [0.1, 0.15) is 15.9 Å². The minimum atomic E-state index is -0.415. The third-order valence-electron chi connectivity index (χ3n) is 3.30. The molecular formula is C17H15N3O. The SMILES string of the molecule is NC(=O)c1cccc(Cn2cc(-c3ccccc3)cn2)c1. The summed E-state index contributed by atoms with van der Waals surface area (Å²) in [6.07, 6.45) is 3.83. The number of rotatable bonds is 4. The number of nitrogens with zero attached hydrogens (tertiary/aromatic N) is 2. The van der Waals surface area contributed by atoms with Gasteiger partial charge in [-0.05, 0) is 23.3 Å². The lowest BCUT2D eigenvalue weighted by atomic mass is 10.1. The van der Waals surface area contributed by atoms with Crippen molar-refractivity contribution in [2.24, 2.45) is 5.73 Å². The van der Waals surface area contributed by atoms with Gasteiger partial charge in [0.2, 0.25) is 5.91 Å². The van der Waals surface area contributed by atoms with Gasteiger partial charge >= 0.3 is 0 Å². The number of benzene rings is 2. The number of amides is 1. The van der Waals surface area contributed by atoms with Crippen molar-refractivity contribution in [1.82, 2.24) is 9.78 Å². The van der Waals surface area contributed by atoms with Gasteiger partial charge in [-0.25, -0.2) is 0 Å². The largest absolute Gasteiger partial charge is 0.366 e. The molecule has 0 atom stereocenters. The van der Waals surface area contributed by atoms with Crippen LogP contribution in [0.25, 0.3) is 11.1 Å². The monoisotopic (exact) mass is 277 g/mol. The molecule has 104 valence electrons. The van der Waals surface area contributed by atoms with Gasteiger partial charge in [0.05, 0.1) is 12.7 Å².